The lowest BCUT2D eigenvalue weighted by molar-refractivity contribution is 0.0676. The number of nitrogens with one attached hydrogen (secondary N) is 1. The molecule has 2 rings (SSSR count). The molecule has 1 saturated heterocycles. The van der Waals surface area contributed by atoms with E-state index >= 15 is 0 Å². The summed E-state index contributed by atoms with van der Waals surface area (Å²) in [5, 5.41) is 3.53. The van der Waals surface area contributed by atoms with Crippen molar-refractivity contribution in [3.05, 3.63) is 35.9 Å². The van der Waals surface area contributed by atoms with Gasteiger partial charge < -0.3 is 10.1 Å². The smallest absolute Gasteiger partial charge is 0.0620 e. The molecule has 1 heterocycles. The van der Waals surface area contributed by atoms with Crippen LogP contribution in [0.5, 0.6) is 0 Å². The second kappa shape index (κ2) is 7.63. The summed E-state index contributed by atoms with van der Waals surface area (Å²) >= 11 is 0. The first kappa shape index (κ1) is 14.5. The van der Waals surface area contributed by atoms with Gasteiger partial charge in [-0.25, -0.2) is 0 Å². The molecule has 0 bridgehead atoms. The van der Waals surface area contributed by atoms with Crippen LogP contribution in [0.25, 0.3) is 0 Å². The molecular weight excluding hydrogens is 236 g/mol. The first-order valence-electron chi connectivity index (χ1n) is 7.35. The predicted molar refractivity (Wildman–Crippen MR) is 79.2 cm³/mol. The average molecular weight is 262 g/mol. The van der Waals surface area contributed by atoms with Gasteiger partial charge in [0.2, 0.25) is 0 Å². The van der Waals surface area contributed by atoms with E-state index in [0.717, 1.165) is 39.3 Å². The first-order chi connectivity index (χ1) is 9.25. The van der Waals surface area contributed by atoms with Crippen LogP contribution in [0.2, 0.25) is 0 Å². The summed E-state index contributed by atoms with van der Waals surface area (Å²) in [6, 6.07) is 11.8. The molecule has 3 nitrogen and oxygen atoms in total. The fourth-order valence-electron chi connectivity index (χ4n) is 2.46. The van der Waals surface area contributed by atoms with E-state index in [4.69, 9.17) is 4.74 Å². The molecule has 1 aliphatic heterocycles. The third kappa shape index (κ3) is 4.94. The zero-order valence-electron chi connectivity index (χ0n) is 12.1. The quantitative estimate of drug-likeness (QED) is 0.851. The number of benzene rings is 1. The molecule has 0 amide bonds. The highest BCUT2D eigenvalue weighted by atomic mass is 16.5. The standard InChI is InChI=1S/C16H26N2O/c1-14(2)18(12-15-6-4-3-5-7-15)10-8-16-13-19-11-9-17-16/h3-7,14,16-17H,8-13H2,1-2H3. The Labute approximate surface area is 116 Å². The summed E-state index contributed by atoms with van der Waals surface area (Å²) < 4.78 is 5.51. The molecular formula is C16H26N2O. The Kier molecular flexibility index (Phi) is 5.83. The predicted octanol–water partition coefficient (Wildman–Crippen LogP) is 2.28. The van der Waals surface area contributed by atoms with E-state index in [1.165, 1.54) is 5.56 Å². The second-order valence-corrected chi connectivity index (χ2v) is 5.56. The van der Waals surface area contributed by atoms with Crippen LogP contribution in [0.1, 0.15) is 25.8 Å². The van der Waals surface area contributed by atoms with Gasteiger partial charge in [0.25, 0.3) is 0 Å². The molecule has 106 valence electrons. The molecule has 1 unspecified atom stereocenters. The topological polar surface area (TPSA) is 24.5 Å². The van der Waals surface area contributed by atoms with Gasteiger partial charge >= 0.3 is 0 Å². The van der Waals surface area contributed by atoms with Gasteiger partial charge in [-0.3, -0.25) is 4.90 Å². The number of rotatable bonds is 6. The largest absolute Gasteiger partial charge is 0.379 e. The molecule has 1 aromatic rings. The summed E-state index contributed by atoms with van der Waals surface area (Å²) in [5.74, 6) is 0. The minimum absolute atomic E-state index is 0.519. The van der Waals surface area contributed by atoms with E-state index in [2.05, 4.69) is 54.4 Å². The van der Waals surface area contributed by atoms with Gasteiger partial charge in [0, 0.05) is 31.7 Å². The van der Waals surface area contributed by atoms with Crippen LogP contribution in [0.3, 0.4) is 0 Å². The van der Waals surface area contributed by atoms with Gasteiger partial charge in [-0.15, -0.1) is 0 Å². The van der Waals surface area contributed by atoms with Crippen LogP contribution in [0.15, 0.2) is 30.3 Å². The molecule has 0 aliphatic carbocycles. The number of hydrogen-bond donors (Lipinski definition) is 1. The van der Waals surface area contributed by atoms with Crippen molar-refractivity contribution in [1.29, 1.82) is 0 Å². The molecule has 1 fully saturated rings. The fourth-order valence-corrected chi connectivity index (χ4v) is 2.46. The maximum absolute atomic E-state index is 5.51. The highest BCUT2D eigenvalue weighted by Crippen LogP contribution is 2.10. The Bertz CT molecular complexity index is 347. The molecule has 3 heteroatoms. The van der Waals surface area contributed by atoms with E-state index < -0.39 is 0 Å². The van der Waals surface area contributed by atoms with Crippen molar-refractivity contribution >= 4 is 0 Å². The lowest BCUT2D eigenvalue weighted by atomic mass is 10.1. The van der Waals surface area contributed by atoms with Crippen LogP contribution in [0, 0.1) is 0 Å². The Balaban J connectivity index is 1.82. The molecule has 0 spiro atoms. The maximum atomic E-state index is 5.51. The van der Waals surface area contributed by atoms with Gasteiger partial charge in [-0.05, 0) is 25.8 Å². The lowest BCUT2D eigenvalue weighted by Crippen LogP contribution is -2.44. The third-order valence-corrected chi connectivity index (χ3v) is 3.72. The molecule has 19 heavy (non-hydrogen) atoms. The highest BCUT2D eigenvalue weighted by molar-refractivity contribution is 5.14. The monoisotopic (exact) mass is 262 g/mol. The van der Waals surface area contributed by atoms with Crippen molar-refractivity contribution in [2.45, 2.75) is 38.9 Å². The van der Waals surface area contributed by atoms with Crippen LogP contribution in [0.4, 0.5) is 0 Å². The minimum atomic E-state index is 0.519. The number of nitrogens with zero attached hydrogens (tertiary/aromatic N) is 1. The Morgan fingerprint density at radius 1 is 1.32 bits per heavy atom. The average Bonchev–Trinajstić information content (AvgIpc) is 2.45. The maximum Gasteiger partial charge on any atom is 0.0620 e. The van der Waals surface area contributed by atoms with Crippen LogP contribution in [-0.4, -0.2) is 43.3 Å². The Morgan fingerprint density at radius 2 is 2.11 bits per heavy atom. The van der Waals surface area contributed by atoms with E-state index in [-0.39, 0.29) is 0 Å². The van der Waals surface area contributed by atoms with Gasteiger partial charge in [0.05, 0.1) is 13.2 Å². The summed E-state index contributed by atoms with van der Waals surface area (Å²) in [6.45, 7) is 9.40. The van der Waals surface area contributed by atoms with Crippen molar-refractivity contribution in [1.82, 2.24) is 10.2 Å². The SMILES string of the molecule is CC(C)N(CCC1COCCN1)Cc1ccccc1. The van der Waals surface area contributed by atoms with Crippen LogP contribution >= 0.6 is 0 Å². The zero-order valence-corrected chi connectivity index (χ0v) is 12.1. The minimum Gasteiger partial charge on any atom is -0.379 e. The van der Waals surface area contributed by atoms with Gasteiger partial charge in [0.15, 0.2) is 0 Å². The molecule has 1 aromatic carbocycles. The summed E-state index contributed by atoms with van der Waals surface area (Å²) in [4.78, 5) is 2.53. The molecule has 0 radical (unpaired) electrons. The Morgan fingerprint density at radius 3 is 2.74 bits per heavy atom. The number of morpholine rings is 1. The summed E-state index contributed by atoms with van der Waals surface area (Å²) in [5.41, 5.74) is 1.39. The third-order valence-electron chi connectivity index (χ3n) is 3.72. The number of ether oxygens (including phenoxy) is 1. The van der Waals surface area contributed by atoms with E-state index in [9.17, 15) is 0 Å². The zero-order chi connectivity index (χ0) is 13.5. The van der Waals surface area contributed by atoms with E-state index in [1.807, 2.05) is 0 Å². The van der Waals surface area contributed by atoms with E-state index in [1.54, 1.807) is 0 Å². The molecule has 1 N–H and O–H groups in total. The van der Waals surface area contributed by atoms with E-state index in [0.29, 0.717) is 12.1 Å². The first-order valence-corrected chi connectivity index (χ1v) is 7.35. The molecule has 0 saturated carbocycles. The molecule has 1 atom stereocenters. The highest BCUT2D eigenvalue weighted by Gasteiger charge is 2.16. The van der Waals surface area contributed by atoms with Crippen LogP contribution in [-0.2, 0) is 11.3 Å². The van der Waals surface area contributed by atoms with Gasteiger partial charge in [-0.1, -0.05) is 30.3 Å². The van der Waals surface area contributed by atoms with Gasteiger partial charge in [0.1, 0.15) is 0 Å². The second-order valence-electron chi connectivity index (χ2n) is 5.56. The summed E-state index contributed by atoms with van der Waals surface area (Å²) in [6.07, 6.45) is 1.16. The number of hydrogen-bond acceptors (Lipinski definition) is 3. The van der Waals surface area contributed by atoms with Gasteiger partial charge in [-0.2, -0.15) is 0 Å². The lowest BCUT2D eigenvalue weighted by Gasteiger charge is -2.30. The summed E-state index contributed by atoms with van der Waals surface area (Å²) in [7, 11) is 0. The molecule has 1 aliphatic rings. The normalized spacial score (nSPS) is 20.1. The van der Waals surface area contributed by atoms with Crippen molar-refractivity contribution in [3.8, 4) is 0 Å². The van der Waals surface area contributed by atoms with Crippen molar-refractivity contribution in [3.63, 3.8) is 0 Å². The molecule has 0 aromatic heterocycles. The Hall–Kier alpha value is -0.900. The van der Waals surface area contributed by atoms with Crippen molar-refractivity contribution < 1.29 is 4.74 Å². The van der Waals surface area contributed by atoms with Crippen molar-refractivity contribution in [2.24, 2.45) is 0 Å². The van der Waals surface area contributed by atoms with Crippen LogP contribution < -0.4 is 5.32 Å². The fraction of sp³-hybridized carbons (Fsp3) is 0.625. The van der Waals surface area contributed by atoms with Crippen molar-refractivity contribution in [2.75, 3.05) is 26.3 Å².